The van der Waals surface area contributed by atoms with Gasteiger partial charge < -0.3 is 33.5 Å². The highest BCUT2D eigenvalue weighted by Gasteiger charge is 2.53. The molecule has 0 fully saturated rings. The lowest BCUT2D eigenvalue weighted by Gasteiger charge is -2.48. The van der Waals surface area contributed by atoms with Crippen LogP contribution in [0.15, 0.2) is 340 Å². The van der Waals surface area contributed by atoms with Gasteiger partial charge in [-0.3, -0.25) is 0 Å². The Morgan fingerprint density at radius 1 is 0.311 bits per heavy atom. The molecule has 0 spiro atoms. The van der Waals surface area contributed by atoms with Crippen LogP contribution in [0.2, 0.25) is 0 Å². The highest BCUT2D eigenvalue weighted by molar-refractivity contribution is 6.94. The van der Waals surface area contributed by atoms with Gasteiger partial charge in [0.15, 0.2) is 23.0 Å². The molecule has 7 nitrogen and oxygen atoms in total. The number of ether oxygens (including phenoxy) is 2. The first kappa shape index (κ1) is 71.0. The maximum absolute atomic E-state index is 6.96. The number of benzene rings is 16. The standard InChI is InChI=1S/C113H87B2N5O2/c1-68-59-90-91(111(4,5)58-57-110(90,2)3)66-95(68)117-97-64-80(116(77-29-15-11-16-30-77)78-31-17-12-18-32-78)55-56-92(97)114-106-86(61-75(62-98(106)117)69-27-13-10-14-28-69)84-65-102-103(122-101-42-24-23-41-100(101)121-102)67-96(84)119(114)79-53-51-73(52-54-79)72-45-43-70(44-46-72)71-47-49-74(50-48-71)76-60-85-81-34-25-35-83-104-108(82-33-19-20-36-87(82)113(104,8)9)120(107(81)83)115-93-39-26-38-89-109(93)118(99(63-76)105(85)115)94-40-22-21-37-88(94)112(89,6)7/h10-56,59-67H,57-58H2,1-9H3. The molecule has 17 aromatic rings. The van der Waals surface area contributed by atoms with Crippen molar-refractivity contribution < 1.29 is 9.47 Å². The van der Waals surface area contributed by atoms with E-state index in [0.29, 0.717) is 23.0 Å². The monoisotopic (exact) mass is 1570 g/mol. The molecule has 6 aliphatic heterocycles. The molecule has 0 saturated heterocycles. The third kappa shape index (κ3) is 10.0. The van der Waals surface area contributed by atoms with Crippen molar-refractivity contribution in [2.45, 2.75) is 96.8 Å². The van der Waals surface area contributed by atoms with E-state index in [2.05, 4.69) is 402 Å². The predicted molar refractivity (Wildman–Crippen MR) is 509 cm³/mol. The molecule has 0 amide bonds. The van der Waals surface area contributed by atoms with Gasteiger partial charge in [0.05, 0.1) is 5.69 Å². The van der Waals surface area contributed by atoms with Gasteiger partial charge in [-0.05, 0) is 250 Å². The molecule has 0 saturated carbocycles. The van der Waals surface area contributed by atoms with E-state index < -0.39 is 0 Å². The van der Waals surface area contributed by atoms with Crippen LogP contribution in [0.25, 0.3) is 88.9 Å². The fourth-order valence-electron chi connectivity index (χ4n) is 22.8. The molecular weight excluding hydrogens is 1480 g/mol. The first-order valence-electron chi connectivity index (χ1n) is 43.4. The SMILES string of the molecule is Cc1cc2c(cc1N1c3cc(N(c4ccccc4)c4ccccc4)ccc3B3c4c(cc(-c5ccccc5)cc41)-c1cc4c(cc1N3c1ccc(-c3ccc(-c5ccc(-c6cc7c8c(c6)N6c9ccccc9C(C)(C)c9cccc(c96)B8n6c8c(c9cccc-7c96)C(C)(C)c6ccccc6-8)cc5)cc3)cc1)Oc1ccccc1O4)C(C)(C)CCC2(C)C. The summed E-state index contributed by atoms with van der Waals surface area (Å²) in [7, 11) is 0. The van der Waals surface area contributed by atoms with Gasteiger partial charge in [-0.1, -0.05) is 286 Å². The highest BCUT2D eigenvalue weighted by Crippen LogP contribution is 2.61. The second-order valence-corrected chi connectivity index (χ2v) is 37.3. The second-order valence-electron chi connectivity index (χ2n) is 37.3. The topological polar surface area (TPSA) is 36.4 Å². The lowest BCUT2D eigenvalue weighted by atomic mass is 9.43. The minimum atomic E-state index is -0.317. The quantitative estimate of drug-likeness (QED) is 0.134. The number of aromatic nitrogens is 1. The predicted octanol–water partition coefficient (Wildman–Crippen LogP) is 27.4. The van der Waals surface area contributed by atoms with E-state index in [0.717, 1.165) is 91.6 Å². The number of hydrogen-bond donors (Lipinski definition) is 0. The van der Waals surface area contributed by atoms with Gasteiger partial charge >= 0.3 is 13.7 Å². The molecular formula is C113H87B2N5O2. The molecule has 25 rings (SSSR count). The van der Waals surface area contributed by atoms with Crippen LogP contribution in [0.4, 0.5) is 62.6 Å². The van der Waals surface area contributed by atoms with Crippen molar-refractivity contribution in [3.05, 3.63) is 379 Å². The highest BCUT2D eigenvalue weighted by atomic mass is 16.6. The molecule has 1 aromatic heterocycles. The minimum absolute atomic E-state index is 0.0145. The van der Waals surface area contributed by atoms with Crippen LogP contribution in [-0.2, 0) is 21.7 Å². The summed E-state index contributed by atoms with van der Waals surface area (Å²) in [6, 6.07) is 128. The van der Waals surface area contributed by atoms with Crippen LogP contribution in [0.1, 0.15) is 107 Å². The number of rotatable bonds is 9. The summed E-state index contributed by atoms with van der Waals surface area (Å²) in [4.78, 5) is 10.3. The Bertz CT molecular complexity index is 7310. The van der Waals surface area contributed by atoms with Crippen molar-refractivity contribution in [2.24, 2.45) is 0 Å². The zero-order chi connectivity index (χ0) is 81.7. The molecule has 16 aromatic carbocycles. The Morgan fingerprint density at radius 2 is 0.828 bits per heavy atom. The summed E-state index contributed by atoms with van der Waals surface area (Å²) in [6.45, 7) is 21.5. The summed E-state index contributed by atoms with van der Waals surface area (Å²) in [5, 5.41) is 1.35. The number of para-hydroxylation sites is 7. The van der Waals surface area contributed by atoms with Crippen LogP contribution >= 0.6 is 0 Å². The van der Waals surface area contributed by atoms with Crippen LogP contribution in [-0.4, -0.2) is 18.2 Å². The molecule has 2 aliphatic carbocycles. The van der Waals surface area contributed by atoms with E-state index in [9.17, 15) is 0 Å². The zero-order valence-corrected chi connectivity index (χ0v) is 70.0. The van der Waals surface area contributed by atoms with Gasteiger partial charge in [0.25, 0.3) is 0 Å². The Morgan fingerprint density at radius 3 is 1.48 bits per heavy atom. The van der Waals surface area contributed by atoms with E-state index in [-0.39, 0.29) is 35.4 Å². The average Bonchev–Trinajstić information content (AvgIpc) is 1.43. The number of aryl methyl sites for hydroxylation is 1. The van der Waals surface area contributed by atoms with Gasteiger partial charge in [-0.15, -0.1) is 0 Å². The molecule has 9 heteroatoms. The molecule has 582 valence electrons. The molecule has 0 atom stereocenters. The minimum Gasteiger partial charge on any atom is -0.449 e. The first-order chi connectivity index (χ1) is 59.4. The largest absolute Gasteiger partial charge is 0.449 e. The maximum Gasteiger partial charge on any atom is 0.333 e. The van der Waals surface area contributed by atoms with E-state index >= 15 is 0 Å². The zero-order valence-electron chi connectivity index (χ0n) is 70.0. The molecule has 0 unspecified atom stereocenters. The third-order valence-electron chi connectivity index (χ3n) is 28.9. The van der Waals surface area contributed by atoms with E-state index in [1.54, 1.807) is 0 Å². The molecule has 0 radical (unpaired) electrons. The van der Waals surface area contributed by atoms with Gasteiger partial charge in [-0.25, -0.2) is 0 Å². The Kier molecular flexibility index (Phi) is 14.8. The van der Waals surface area contributed by atoms with Gasteiger partial charge in [0.2, 0.25) is 0 Å². The van der Waals surface area contributed by atoms with Gasteiger partial charge in [0.1, 0.15) is 0 Å². The maximum atomic E-state index is 6.96. The molecule has 122 heavy (non-hydrogen) atoms. The summed E-state index contributed by atoms with van der Waals surface area (Å²) in [5.41, 5.74) is 45.0. The van der Waals surface area contributed by atoms with E-state index in [1.165, 1.54) is 134 Å². The normalized spacial score (nSPS) is 15.7. The van der Waals surface area contributed by atoms with Crippen LogP contribution in [0, 0.1) is 6.92 Å². The van der Waals surface area contributed by atoms with Crippen LogP contribution < -0.4 is 50.8 Å². The van der Waals surface area contributed by atoms with Crippen molar-refractivity contribution in [2.75, 3.05) is 19.5 Å². The van der Waals surface area contributed by atoms with Crippen molar-refractivity contribution >= 4 is 109 Å². The van der Waals surface area contributed by atoms with Crippen molar-refractivity contribution in [1.82, 2.24) is 4.48 Å². The van der Waals surface area contributed by atoms with Crippen LogP contribution in [0.5, 0.6) is 23.0 Å². The summed E-state index contributed by atoms with van der Waals surface area (Å²) < 4.78 is 16.7. The van der Waals surface area contributed by atoms with Crippen molar-refractivity contribution in [3.63, 3.8) is 0 Å². The molecule has 8 aliphatic rings. The van der Waals surface area contributed by atoms with Crippen LogP contribution in [0.3, 0.4) is 0 Å². The number of hydrogen-bond acceptors (Lipinski definition) is 6. The third-order valence-corrected chi connectivity index (χ3v) is 28.9. The number of fused-ring (bicyclic) bond motifs is 18. The molecule has 7 heterocycles. The summed E-state index contributed by atoms with van der Waals surface area (Å²) >= 11 is 0. The average molecular weight is 1570 g/mol. The number of anilines is 11. The molecule has 0 bridgehead atoms. The number of nitrogens with zero attached hydrogens (tertiary/aromatic N) is 5. The van der Waals surface area contributed by atoms with Gasteiger partial charge in [-0.2, -0.15) is 0 Å². The Labute approximate surface area is 714 Å². The summed E-state index contributed by atoms with van der Waals surface area (Å²) in [6.07, 6.45) is 2.23. The smallest absolute Gasteiger partial charge is 0.333 e. The lowest BCUT2D eigenvalue weighted by molar-refractivity contribution is 0.332. The van der Waals surface area contributed by atoms with Crippen molar-refractivity contribution in [1.29, 1.82) is 0 Å². The fourth-order valence-corrected chi connectivity index (χ4v) is 22.8. The Hall–Kier alpha value is -14.0. The second kappa shape index (κ2) is 25.5. The first-order valence-corrected chi connectivity index (χ1v) is 43.4. The van der Waals surface area contributed by atoms with E-state index in [4.69, 9.17) is 9.47 Å². The fraction of sp³-hybridized carbons (Fsp3) is 0.133. The van der Waals surface area contributed by atoms with E-state index in [1.807, 2.05) is 24.3 Å². The lowest BCUT2D eigenvalue weighted by Crippen LogP contribution is -2.61. The summed E-state index contributed by atoms with van der Waals surface area (Å²) in [5.74, 6) is 2.73. The Balaban J connectivity index is 0.619. The van der Waals surface area contributed by atoms with Gasteiger partial charge in [0, 0.05) is 107 Å². The van der Waals surface area contributed by atoms with Crippen molar-refractivity contribution in [3.8, 4) is 101 Å². The molecule has 0 N–H and O–H groups in total.